The summed E-state index contributed by atoms with van der Waals surface area (Å²) in [5, 5.41) is 0. The van der Waals surface area contributed by atoms with E-state index in [4.69, 9.17) is 0 Å². The van der Waals surface area contributed by atoms with E-state index in [-0.39, 0.29) is 0 Å². The Morgan fingerprint density at radius 2 is 1.77 bits per heavy atom. The molecule has 0 N–H and O–H groups in total. The molecule has 0 aromatic heterocycles. The third kappa shape index (κ3) is 1.52. The van der Waals surface area contributed by atoms with Crippen molar-refractivity contribution >= 4 is 0 Å². The van der Waals surface area contributed by atoms with Crippen LogP contribution in [0.1, 0.15) is 39.5 Å². The van der Waals surface area contributed by atoms with Crippen molar-refractivity contribution in [3.05, 3.63) is 0 Å². The van der Waals surface area contributed by atoms with E-state index in [1.807, 2.05) is 0 Å². The van der Waals surface area contributed by atoms with Crippen LogP contribution in [0.5, 0.6) is 0 Å². The topological polar surface area (TPSA) is 3.24 Å². The first-order chi connectivity index (χ1) is 6.14. The zero-order valence-corrected chi connectivity index (χ0v) is 9.34. The van der Waals surface area contributed by atoms with Crippen LogP contribution in [0.2, 0.25) is 0 Å². The molecule has 1 unspecified atom stereocenters. The lowest BCUT2D eigenvalue weighted by Crippen LogP contribution is -2.49. The van der Waals surface area contributed by atoms with Crippen LogP contribution in [0.25, 0.3) is 0 Å². The van der Waals surface area contributed by atoms with E-state index in [0.29, 0.717) is 0 Å². The lowest BCUT2D eigenvalue weighted by atomic mass is 9.52. The van der Waals surface area contributed by atoms with Gasteiger partial charge in [0.2, 0.25) is 0 Å². The maximum atomic E-state index is 2.49. The number of likely N-dealkylation sites (tertiary alicyclic amines) is 1. The lowest BCUT2D eigenvalue weighted by molar-refractivity contribution is -0.0525. The highest BCUT2D eigenvalue weighted by Gasteiger charge is 2.48. The molecule has 1 heterocycles. The summed E-state index contributed by atoms with van der Waals surface area (Å²) >= 11 is 0. The smallest absolute Gasteiger partial charge is 0.00164 e. The van der Waals surface area contributed by atoms with Crippen molar-refractivity contribution in [2.24, 2.45) is 17.3 Å². The van der Waals surface area contributed by atoms with Gasteiger partial charge in [0.1, 0.15) is 0 Å². The van der Waals surface area contributed by atoms with Crippen molar-refractivity contribution in [1.82, 2.24) is 4.90 Å². The average Bonchev–Trinajstić information content (AvgIpc) is 2.03. The summed E-state index contributed by atoms with van der Waals surface area (Å²) in [6.07, 6.45) is 5.95. The van der Waals surface area contributed by atoms with Crippen LogP contribution in [0.15, 0.2) is 0 Å². The number of piperidine rings is 1. The quantitative estimate of drug-likeness (QED) is 0.601. The molecule has 0 aromatic carbocycles. The Hall–Kier alpha value is -0.0400. The molecule has 1 aliphatic heterocycles. The Morgan fingerprint density at radius 3 is 2.15 bits per heavy atom. The molecule has 0 bridgehead atoms. The van der Waals surface area contributed by atoms with Gasteiger partial charge in [0.25, 0.3) is 0 Å². The molecule has 2 fully saturated rings. The van der Waals surface area contributed by atoms with Crippen molar-refractivity contribution in [3.63, 3.8) is 0 Å². The Balaban J connectivity index is 1.98. The van der Waals surface area contributed by atoms with E-state index in [2.05, 4.69) is 25.8 Å². The molecule has 0 amide bonds. The van der Waals surface area contributed by atoms with Crippen LogP contribution in [-0.4, -0.2) is 25.0 Å². The standard InChI is InChI=1S/C12H23N/c1-10(2)11-4-5-12(11)6-8-13(3)9-7-12/h10-11H,4-9H2,1-3H3. The van der Waals surface area contributed by atoms with Gasteiger partial charge in [-0.2, -0.15) is 0 Å². The van der Waals surface area contributed by atoms with Crippen LogP contribution < -0.4 is 0 Å². The molecular formula is C12H23N. The Morgan fingerprint density at radius 1 is 1.15 bits per heavy atom. The molecule has 2 aliphatic rings. The second kappa shape index (κ2) is 3.27. The van der Waals surface area contributed by atoms with E-state index in [9.17, 15) is 0 Å². The molecule has 1 atom stereocenters. The van der Waals surface area contributed by atoms with Crippen molar-refractivity contribution in [3.8, 4) is 0 Å². The van der Waals surface area contributed by atoms with Gasteiger partial charge < -0.3 is 4.90 Å². The fourth-order valence-corrected chi connectivity index (χ4v) is 3.44. The van der Waals surface area contributed by atoms with E-state index in [1.165, 1.54) is 38.8 Å². The lowest BCUT2D eigenvalue weighted by Gasteiger charge is -2.55. The first-order valence-corrected chi connectivity index (χ1v) is 5.83. The predicted molar refractivity (Wildman–Crippen MR) is 56.7 cm³/mol. The maximum Gasteiger partial charge on any atom is -0.00164 e. The molecule has 13 heavy (non-hydrogen) atoms. The summed E-state index contributed by atoms with van der Waals surface area (Å²) in [6, 6.07) is 0. The zero-order valence-electron chi connectivity index (χ0n) is 9.34. The van der Waals surface area contributed by atoms with Gasteiger partial charge in [0.15, 0.2) is 0 Å². The minimum atomic E-state index is 0.778. The summed E-state index contributed by atoms with van der Waals surface area (Å²) < 4.78 is 0. The second-order valence-corrected chi connectivity index (χ2v) is 5.55. The number of hydrogen-bond acceptors (Lipinski definition) is 1. The van der Waals surface area contributed by atoms with Crippen molar-refractivity contribution in [2.45, 2.75) is 39.5 Å². The van der Waals surface area contributed by atoms with E-state index in [1.54, 1.807) is 0 Å². The van der Waals surface area contributed by atoms with Crippen LogP contribution in [0.3, 0.4) is 0 Å². The highest BCUT2D eigenvalue weighted by Crippen LogP contribution is 2.56. The summed E-state index contributed by atoms with van der Waals surface area (Å²) in [5.41, 5.74) is 0.778. The summed E-state index contributed by atoms with van der Waals surface area (Å²) in [7, 11) is 2.26. The predicted octanol–water partition coefficient (Wildman–Crippen LogP) is 2.76. The fraction of sp³-hybridized carbons (Fsp3) is 1.00. The van der Waals surface area contributed by atoms with Gasteiger partial charge in [-0.3, -0.25) is 0 Å². The fourth-order valence-electron chi connectivity index (χ4n) is 3.44. The van der Waals surface area contributed by atoms with Crippen LogP contribution in [0.4, 0.5) is 0 Å². The second-order valence-electron chi connectivity index (χ2n) is 5.55. The summed E-state index contributed by atoms with van der Waals surface area (Å²) in [5.74, 6) is 1.96. The van der Waals surface area contributed by atoms with E-state index in [0.717, 1.165) is 17.3 Å². The minimum absolute atomic E-state index is 0.778. The summed E-state index contributed by atoms with van der Waals surface area (Å²) in [4.78, 5) is 2.49. The summed E-state index contributed by atoms with van der Waals surface area (Å²) in [6.45, 7) is 7.49. The molecule has 1 nitrogen and oxygen atoms in total. The van der Waals surface area contributed by atoms with Gasteiger partial charge in [0.05, 0.1) is 0 Å². The number of rotatable bonds is 1. The third-order valence-corrected chi connectivity index (χ3v) is 4.53. The van der Waals surface area contributed by atoms with Gasteiger partial charge in [-0.25, -0.2) is 0 Å². The van der Waals surface area contributed by atoms with Crippen molar-refractivity contribution in [1.29, 1.82) is 0 Å². The Kier molecular flexibility index (Phi) is 2.39. The highest BCUT2D eigenvalue weighted by molar-refractivity contribution is 4.99. The van der Waals surface area contributed by atoms with Gasteiger partial charge in [-0.1, -0.05) is 13.8 Å². The molecule has 76 valence electrons. The zero-order chi connectivity index (χ0) is 9.47. The first-order valence-electron chi connectivity index (χ1n) is 5.83. The molecule has 2 rings (SSSR count). The molecule has 1 heteroatoms. The molecule has 0 aromatic rings. The largest absolute Gasteiger partial charge is 0.306 e. The minimum Gasteiger partial charge on any atom is -0.306 e. The van der Waals surface area contributed by atoms with E-state index < -0.39 is 0 Å². The normalized spacial score (nSPS) is 33.7. The monoisotopic (exact) mass is 181 g/mol. The van der Waals surface area contributed by atoms with E-state index >= 15 is 0 Å². The maximum absolute atomic E-state index is 2.49. The third-order valence-electron chi connectivity index (χ3n) is 4.53. The highest BCUT2D eigenvalue weighted by atomic mass is 15.1. The number of hydrogen-bond donors (Lipinski definition) is 0. The molecule has 1 saturated heterocycles. The van der Waals surface area contributed by atoms with Crippen molar-refractivity contribution < 1.29 is 0 Å². The molecular weight excluding hydrogens is 158 g/mol. The molecule has 1 spiro atoms. The Labute approximate surface area is 82.5 Å². The van der Waals surface area contributed by atoms with Crippen LogP contribution >= 0.6 is 0 Å². The van der Waals surface area contributed by atoms with Gasteiger partial charge >= 0.3 is 0 Å². The SMILES string of the molecule is CC(C)C1CCC12CCN(C)CC2. The average molecular weight is 181 g/mol. The molecule has 1 saturated carbocycles. The molecule has 0 radical (unpaired) electrons. The van der Waals surface area contributed by atoms with Crippen molar-refractivity contribution in [2.75, 3.05) is 20.1 Å². The molecule has 1 aliphatic carbocycles. The first kappa shape index (κ1) is 9.51. The Bertz CT molecular complexity index is 178. The van der Waals surface area contributed by atoms with Crippen LogP contribution in [-0.2, 0) is 0 Å². The van der Waals surface area contributed by atoms with Crippen LogP contribution in [0, 0.1) is 17.3 Å². The van der Waals surface area contributed by atoms with Gasteiger partial charge in [-0.05, 0) is 63.1 Å². The van der Waals surface area contributed by atoms with Gasteiger partial charge in [0, 0.05) is 0 Å². The van der Waals surface area contributed by atoms with Gasteiger partial charge in [-0.15, -0.1) is 0 Å². The number of nitrogens with zero attached hydrogens (tertiary/aromatic N) is 1.